The molecule has 0 fully saturated rings. The molecule has 10 heteroatoms. The van der Waals surface area contributed by atoms with Crippen LogP contribution >= 0.6 is 0 Å². The number of nitro benzene ring substituents is 1. The number of nitro groups is 1. The lowest BCUT2D eigenvalue weighted by Crippen LogP contribution is -2.11. The molecule has 0 amide bonds. The quantitative estimate of drug-likeness (QED) is 0.135. The van der Waals surface area contributed by atoms with Gasteiger partial charge in [0.15, 0.2) is 5.78 Å². The van der Waals surface area contributed by atoms with Crippen LogP contribution in [-0.4, -0.2) is 25.1 Å². The lowest BCUT2D eigenvalue weighted by atomic mass is 10.1. The Labute approximate surface area is 177 Å². The zero-order valence-electron chi connectivity index (χ0n) is 16.0. The molecule has 0 bridgehead atoms. The van der Waals surface area contributed by atoms with Gasteiger partial charge in [0.25, 0.3) is 5.69 Å². The smallest absolute Gasteiger partial charge is 0.343 e. The topological polar surface area (TPSA) is 130 Å². The Bertz CT molecular complexity index is 1250. The van der Waals surface area contributed by atoms with E-state index in [9.17, 15) is 28.1 Å². The molecular formula is C21H15NO8S. The zero-order chi connectivity index (χ0) is 22.6. The largest absolute Gasteiger partial charge is 0.423 e. The van der Waals surface area contributed by atoms with Gasteiger partial charge in [0.05, 0.1) is 10.5 Å². The Kier molecular flexibility index (Phi) is 6.12. The van der Waals surface area contributed by atoms with E-state index in [4.69, 9.17) is 8.92 Å². The number of Topliss-reactive ketones (excluding diaryl/α,β-unsaturated/α-hetero) is 1. The Balaban J connectivity index is 1.70. The van der Waals surface area contributed by atoms with Crippen LogP contribution in [0.15, 0.2) is 77.7 Å². The van der Waals surface area contributed by atoms with Gasteiger partial charge in [-0.15, -0.1) is 0 Å². The third-order valence-electron chi connectivity index (χ3n) is 4.08. The summed E-state index contributed by atoms with van der Waals surface area (Å²) in [7, 11) is -4.31. The summed E-state index contributed by atoms with van der Waals surface area (Å²) in [6.45, 7) is 1.42. The second kappa shape index (κ2) is 8.76. The molecule has 0 unspecified atom stereocenters. The Hall–Kier alpha value is -4.05. The molecular weight excluding hydrogens is 426 g/mol. The van der Waals surface area contributed by atoms with Crippen molar-refractivity contribution in [2.75, 3.05) is 0 Å². The summed E-state index contributed by atoms with van der Waals surface area (Å²) < 4.78 is 34.9. The van der Waals surface area contributed by atoms with E-state index in [1.165, 1.54) is 67.6 Å². The van der Waals surface area contributed by atoms with Crippen molar-refractivity contribution >= 4 is 27.6 Å². The molecule has 0 aliphatic rings. The van der Waals surface area contributed by atoms with Crippen LogP contribution in [0.2, 0.25) is 0 Å². The molecule has 0 radical (unpaired) electrons. The fraction of sp³-hybridized carbons (Fsp3) is 0.0476. The van der Waals surface area contributed by atoms with Gasteiger partial charge < -0.3 is 8.92 Å². The molecule has 3 rings (SSSR count). The lowest BCUT2D eigenvalue weighted by molar-refractivity contribution is -0.385. The first kappa shape index (κ1) is 21.7. The van der Waals surface area contributed by atoms with Gasteiger partial charge in [-0.25, -0.2) is 4.79 Å². The van der Waals surface area contributed by atoms with Gasteiger partial charge in [0, 0.05) is 17.7 Å². The second-order valence-electron chi connectivity index (χ2n) is 6.29. The van der Waals surface area contributed by atoms with Crippen LogP contribution in [0.4, 0.5) is 5.69 Å². The number of nitrogens with zero attached hydrogens (tertiary/aromatic N) is 1. The average molecular weight is 441 g/mol. The minimum atomic E-state index is -4.31. The maximum absolute atomic E-state index is 12.4. The van der Waals surface area contributed by atoms with Crippen molar-refractivity contribution in [2.45, 2.75) is 11.8 Å². The van der Waals surface area contributed by atoms with Crippen LogP contribution in [-0.2, 0) is 10.1 Å². The molecule has 0 heterocycles. The summed E-state index contributed by atoms with van der Waals surface area (Å²) in [6.07, 6.45) is 0. The Morgan fingerprint density at radius 3 is 2.03 bits per heavy atom. The highest BCUT2D eigenvalue weighted by atomic mass is 32.2. The summed E-state index contributed by atoms with van der Waals surface area (Å²) in [5, 5.41) is 10.8. The van der Waals surface area contributed by atoms with Crippen molar-refractivity contribution in [3.8, 4) is 11.5 Å². The summed E-state index contributed by atoms with van der Waals surface area (Å²) in [5.74, 6) is -0.658. The molecule has 3 aromatic carbocycles. The first-order valence-corrected chi connectivity index (χ1v) is 10.2. The maximum Gasteiger partial charge on any atom is 0.343 e. The summed E-state index contributed by atoms with van der Waals surface area (Å²) in [6, 6.07) is 15.6. The summed E-state index contributed by atoms with van der Waals surface area (Å²) in [5.41, 5.74) is 0.223. The molecule has 0 aliphatic carbocycles. The fourth-order valence-electron chi connectivity index (χ4n) is 2.50. The number of hydrogen-bond donors (Lipinski definition) is 0. The van der Waals surface area contributed by atoms with E-state index >= 15 is 0 Å². The molecule has 0 atom stereocenters. The minimum Gasteiger partial charge on any atom is -0.423 e. The van der Waals surface area contributed by atoms with Gasteiger partial charge in [-0.3, -0.25) is 14.9 Å². The number of hydrogen-bond acceptors (Lipinski definition) is 8. The van der Waals surface area contributed by atoms with Crippen molar-refractivity contribution in [3.63, 3.8) is 0 Å². The molecule has 0 N–H and O–H groups in total. The van der Waals surface area contributed by atoms with Gasteiger partial charge in [0.2, 0.25) is 0 Å². The van der Waals surface area contributed by atoms with E-state index in [0.29, 0.717) is 5.56 Å². The third kappa shape index (κ3) is 5.31. The number of benzene rings is 3. The van der Waals surface area contributed by atoms with E-state index in [1.807, 2.05) is 0 Å². The normalized spacial score (nSPS) is 10.9. The van der Waals surface area contributed by atoms with Gasteiger partial charge in [0.1, 0.15) is 16.4 Å². The molecule has 0 saturated carbocycles. The molecule has 0 aromatic heterocycles. The standard InChI is InChI=1S/C21H15NO8S/c1-14(23)15-5-9-18(10-6-15)29-21(24)16-7-11-19(12-8-16)30-31(27,28)20-4-2-3-17(13-20)22(25)26/h2-13H,1H3. The van der Waals surface area contributed by atoms with Crippen molar-refractivity contribution in [2.24, 2.45) is 0 Å². The number of esters is 1. The maximum atomic E-state index is 12.4. The van der Waals surface area contributed by atoms with E-state index < -0.39 is 21.0 Å². The van der Waals surface area contributed by atoms with E-state index in [2.05, 4.69) is 0 Å². The number of carbonyl (C=O) groups is 2. The number of ether oxygens (including phenoxy) is 1. The highest BCUT2D eigenvalue weighted by Crippen LogP contribution is 2.23. The van der Waals surface area contributed by atoms with Crippen LogP contribution in [0.1, 0.15) is 27.6 Å². The van der Waals surface area contributed by atoms with Crippen molar-refractivity contribution < 1.29 is 31.9 Å². The first-order chi connectivity index (χ1) is 14.7. The van der Waals surface area contributed by atoms with Crippen LogP contribution in [0.5, 0.6) is 11.5 Å². The molecule has 0 spiro atoms. The van der Waals surface area contributed by atoms with Crippen LogP contribution < -0.4 is 8.92 Å². The monoisotopic (exact) mass is 441 g/mol. The highest BCUT2D eigenvalue weighted by molar-refractivity contribution is 7.87. The molecule has 31 heavy (non-hydrogen) atoms. The van der Waals surface area contributed by atoms with E-state index in [-0.39, 0.29) is 33.4 Å². The fourth-order valence-corrected chi connectivity index (χ4v) is 3.47. The molecule has 158 valence electrons. The first-order valence-electron chi connectivity index (χ1n) is 8.78. The Morgan fingerprint density at radius 2 is 1.45 bits per heavy atom. The number of non-ortho nitro benzene ring substituents is 1. The zero-order valence-corrected chi connectivity index (χ0v) is 16.9. The number of rotatable bonds is 7. The predicted molar refractivity (Wildman–Crippen MR) is 109 cm³/mol. The van der Waals surface area contributed by atoms with Crippen LogP contribution in [0, 0.1) is 10.1 Å². The highest BCUT2D eigenvalue weighted by Gasteiger charge is 2.20. The minimum absolute atomic E-state index is 0.0890. The summed E-state index contributed by atoms with van der Waals surface area (Å²) >= 11 is 0. The number of ketones is 1. The Morgan fingerprint density at radius 1 is 0.871 bits per heavy atom. The van der Waals surface area contributed by atoms with E-state index in [0.717, 1.165) is 12.1 Å². The van der Waals surface area contributed by atoms with Crippen molar-refractivity contribution in [1.29, 1.82) is 0 Å². The third-order valence-corrected chi connectivity index (χ3v) is 5.33. The van der Waals surface area contributed by atoms with Crippen LogP contribution in [0.25, 0.3) is 0 Å². The van der Waals surface area contributed by atoms with Gasteiger partial charge >= 0.3 is 16.1 Å². The summed E-state index contributed by atoms with van der Waals surface area (Å²) in [4.78, 5) is 33.3. The second-order valence-corrected chi connectivity index (χ2v) is 7.83. The molecule has 0 saturated heterocycles. The predicted octanol–water partition coefficient (Wildman–Crippen LogP) is 3.78. The van der Waals surface area contributed by atoms with Gasteiger partial charge in [-0.2, -0.15) is 8.42 Å². The lowest BCUT2D eigenvalue weighted by Gasteiger charge is -2.08. The number of carbonyl (C=O) groups excluding carboxylic acids is 2. The molecule has 3 aromatic rings. The molecule has 9 nitrogen and oxygen atoms in total. The van der Waals surface area contributed by atoms with Crippen LogP contribution in [0.3, 0.4) is 0 Å². The van der Waals surface area contributed by atoms with Crippen molar-refractivity contribution in [1.82, 2.24) is 0 Å². The molecule has 0 aliphatic heterocycles. The average Bonchev–Trinajstić information content (AvgIpc) is 2.74. The van der Waals surface area contributed by atoms with Gasteiger partial charge in [-0.1, -0.05) is 6.07 Å². The van der Waals surface area contributed by atoms with E-state index in [1.54, 1.807) is 0 Å². The SMILES string of the molecule is CC(=O)c1ccc(OC(=O)c2ccc(OS(=O)(=O)c3cccc([N+](=O)[O-])c3)cc2)cc1. The van der Waals surface area contributed by atoms with Gasteiger partial charge in [-0.05, 0) is 61.5 Å². The van der Waals surface area contributed by atoms with Crippen molar-refractivity contribution in [3.05, 3.63) is 94.0 Å².